The second kappa shape index (κ2) is 6.47. The monoisotopic (exact) mass is 285 g/mol. The largest absolute Gasteiger partial charge is 0.456 e. The number of hydrogen-bond acceptors (Lipinski definition) is 4. The van der Waals surface area contributed by atoms with Crippen molar-refractivity contribution in [3.05, 3.63) is 53.6 Å². The minimum Gasteiger partial charge on any atom is -0.456 e. The van der Waals surface area contributed by atoms with Gasteiger partial charge in [-0.1, -0.05) is 18.2 Å². The van der Waals surface area contributed by atoms with Gasteiger partial charge in [0.1, 0.15) is 11.5 Å². The predicted octanol–water partition coefficient (Wildman–Crippen LogP) is 4.13. The molecule has 0 aliphatic carbocycles. The highest BCUT2D eigenvalue weighted by Gasteiger charge is 2.12. The second-order valence-corrected chi connectivity index (χ2v) is 5.14. The van der Waals surface area contributed by atoms with E-state index in [0.717, 1.165) is 10.6 Å². The molecule has 20 heavy (non-hydrogen) atoms. The van der Waals surface area contributed by atoms with Gasteiger partial charge >= 0.3 is 0 Å². The predicted molar refractivity (Wildman–Crippen MR) is 80.1 cm³/mol. The summed E-state index contributed by atoms with van der Waals surface area (Å²) in [5.74, 6) is 1.23. The average molecular weight is 285 g/mol. The molecule has 0 fully saturated rings. The van der Waals surface area contributed by atoms with Gasteiger partial charge < -0.3 is 9.84 Å². The molecule has 0 unspecified atom stereocenters. The van der Waals surface area contributed by atoms with Crippen LogP contribution in [-0.4, -0.2) is 11.4 Å². The van der Waals surface area contributed by atoms with Crippen molar-refractivity contribution in [1.29, 1.82) is 5.26 Å². The average Bonchev–Trinajstić information content (AvgIpc) is 2.47. The molecule has 0 saturated heterocycles. The molecule has 0 bridgehead atoms. The van der Waals surface area contributed by atoms with E-state index in [4.69, 9.17) is 10.00 Å². The molecule has 0 heterocycles. The fourth-order valence-corrected chi connectivity index (χ4v) is 2.38. The van der Waals surface area contributed by atoms with Gasteiger partial charge in [-0.2, -0.15) is 5.26 Å². The van der Waals surface area contributed by atoms with Crippen molar-refractivity contribution in [2.24, 2.45) is 0 Å². The van der Waals surface area contributed by atoms with Crippen LogP contribution >= 0.6 is 11.8 Å². The number of ether oxygens (including phenoxy) is 1. The molecule has 0 aliphatic heterocycles. The molecule has 0 saturated carbocycles. The van der Waals surface area contributed by atoms with Gasteiger partial charge in [-0.25, -0.2) is 0 Å². The van der Waals surface area contributed by atoms with Crippen molar-refractivity contribution in [1.82, 2.24) is 0 Å². The van der Waals surface area contributed by atoms with Crippen molar-refractivity contribution in [3.8, 4) is 17.6 Å². The highest BCUT2D eigenvalue weighted by molar-refractivity contribution is 7.98. The minimum atomic E-state index is -0.654. The molecule has 0 spiro atoms. The zero-order valence-electron chi connectivity index (χ0n) is 11.3. The summed E-state index contributed by atoms with van der Waals surface area (Å²) in [6.45, 7) is 1.68. The van der Waals surface area contributed by atoms with Gasteiger partial charge in [-0.3, -0.25) is 0 Å². The first-order valence-electron chi connectivity index (χ1n) is 6.18. The van der Waals surface area contributed by atoms with Crippen LogP contribution in [0.2, 0.25) is 0 Å². The lowest BCUT2D eigenvalue weighted by atomic mass is 10.1. The van der Waals surface area contributed by atoms with Crippen LogP contribution in [-0.2, 0) is 0 Å². The third kappa shape index (κ3) is 3.13. The first-order valence-corrected chi connectivity index (χ1v) is 7.41. The quantitative estimate of drug-likeness (QED) is 0.858. The number of thioether (sulfide) groups is 1. The molecule has 2 aromatic rings. The van der Waals surface area contributed by atoms with E-state index in [1.54, 1.807) is 36.9 Å². The summed E-state index contributed by atoms with van der Waals surface area (Å²) in [4.78, 5) is 1.01. The summed E-state index contributed by atoms with van der Waals surface area (Å²) in [5, 5.41) is 18.8. The first-order chi connectivity index (χ1) is 9.65. The summed E-state index contributed by atoms with van der Waals surface area (Å²) in [6, 6.07) is 14.8. The number of nitriles is 1. The van der Waals surface area contributed by atoms with Gasteiger partial charge in [0.2, 0.25) is 0 Å². The van der Waals surface area contributed by atoms with Gasteiger partial charge in [0.15, 0.2) is 0 Å². The zero-order valence-corrected chi connectivity index (χ0v) is 12.1. The molecular weight excluding hydrogens is 270 g/mol. The summed E-state index contributed by atoms with van der Waals surface area (Å²) in [7, 11) is 0. The molecule has 2 rings (SSSR count). The lowest BCUT2D eigenvalue weighted by Gasteiger charge is -2.15. The zero-order chi connectivity index (χ0) is 14.5. The smallest absolute Gasteiger partial charge is 0.140 e. The van der Waals surface area contributed by atoms with E-state index in [2.05, 4.69) is 6.07 Å². The highest BCUT2D eigenvalue weighted by Crippen LogP contribution is 2.35. The van der Waals surface area contributed by atoms with E-state index >= 15 is 0 Å². The van der Waals surface area contributed by atoms with E-state index in [9.17, 15) is 5.11 Å². The van der Waals surface area contributed by atoms with Crippen LogP contribution in [0, 0.1) is 11.3 Å². The van der Waals surface area contributed by atoms with Crippen LogP contribution in [0.5, 0.6) is 11.5 Å². The van der Waals surface area contributed by atoms with Crippen LogP contribution < -0.4 is 4.74 Å². The van der Waals surface area contributed by atoms with E-state index in [-0.39, 0.29) is 0 Å². The Morgan fingerprint density at radius 3 is 2.60 bits per heavy atom. The molecule has 3 nitrogen and oxygen atoms in total. The van der Waals surface area contributed by atoms with Gasteiger partial charge in [0.25, 0.3) is 0 Å². The van der Waals surface area contributed by atoms with Crippen LogP contribution in [0.25, 0.3) is 0 Å². The molecule has 0 amide bonds. The van der Waals surface area contributed by atoms with Gasteiger partial charge in [-0.15, -0.1) is 11.8 Å². The lowest BCUT2D eigenvalue weighted by Crippen LogP contribution is -1.97. The van der Waals surface area contributed by atoms with Gasteiger partial charge in [0, 0.05) is 10.5 Å². The Hall–Kier alpha value is -1.96. The summed E-state index contributed by atoms with van der Waals surface area (Å²) in [5.41, 5.74) is 1.17. The van der Waals surface area contributed by atoms with Crippen LogP contribution in [0.3, 0.4) is 0 Å². The van der Waals surface area contributed by atoms with Crippen molar-refractivity contribution >= 4 is 11.8 Å². The van der Waals surface area contributed by atoms with Gasteiger partial charge in [0.05, 0.1) is 17.7 Å². The number of nitrogens with zero attached hydrogens (tertiary/aromatic N) is 1. The fourth-order valence-electron chi connectivity index (χ4n) is 1.86. The Labute approximate surface area is 122 Å². The van der Waals surface area contributed by atoms with Crippen molar-refractivity contribution in [2.45, 2.75) is 17.9 Å². The number of aliphatic hydroxyl groups is 1. The molecule has 4 heteroatoms. The van der Waals surface area contributed by atoms with Gasteiger partial charge in [-0.05, 0) is 37.4 Å². The number of benzene rings is 2. The second-order valence-electron chi connectivity index (χ2n) is 4.29. The van der Waals surface area contributed by atoms with E-state index in [1.165, 1.54) is 0 Å². The van der Waals surface area contributed by atoms with Crippen molar-refractivity contribution in [2.75, 3.05) is 6.26 Å². The third-order valence-corrected chi connectivity index (χ3v) is 3.66. The van der Waals surface area contributed by atoms with E-state index < -0.39 is 6.10 Å². The summed E-state index contributed by atoms with van der Waals surface area (Å²) < 4.78 is 5.90. The lowest BCUT2D eigenvalue weighted by molar-refractivity contribution is 0.195. The molecule has 1 N–H and O–H groups in total. The Morgan fingerprint density at radius 2 is 1.95 bits per heavy atom. The summed E-state index contributed by atoms with van der Waals surface area (Å²) in [6.07, 6.45) is 1.32. The maximum Gasteiger partial charge on any atom is 0.140 e. The van der Waals surface area contributed by atoms with E-state index in [1.807, 2.05) is 30.5 Å². The Balaban J connectivity index is 2.44. The number of aliphatic hydroxyl groups excluding tert-OH is 1. The van der Waals surface area contributed by atoms with Crippen LogP contribution in [0.15, 0.2) is 47.4 Å². The van der Waals surface area contributed by atoms with Crippen molar-refractivity contribution < 1.29 is 9.84 Å². The SMILES string of the molecule is CSc1ccccc1Oc1cc(C#N)ccc1[C@H](C)O. The van der Waals surface area contributed by atoms with Crippen LogP contribution in [0.4, 0.5) is 0 Å². The topological polar surface area (TPSA) is 53.2 Å². The Morgan fingerprint density at radius 1 is 1.20 bits per heavy atom. The maximum atomic E-state index is 9.80. The normalized spacial score (nSPS) is 11.7. The van der Waals surface area contributed by atoms with Crippen molar-refractivity contribution in [3.63, 3.8) is 0 Å². The number of para-hydroxylation sites is 1. The maximum absolute atomic E-state index is 9.80. The Bertz CT molecular complexity index is 647. The number of rotatable bonds is 4. The first kappa shape index (κ1) is 14.4. The van der Waals surface area contributed by atoms with Crippen LogP contribution in [0.1, 0.15) is 24.2 Å². The standard InChI is InChI=1S/C16H15NO2S/c1-11(18)13-8-7-12(10-17)9-15(13)19-14-5-3-4-6-16(14)20-2/h3-9,11,18H,1-2H3/t11-/m0/s1. The molecular formula is C16H15NO2S. The molecule has 1 atom stereocenters. The third-order valence-electron chi connectivity index (χ3n) is 2.88. The van der Waals surface area contributed by atoms with E-state index in [0.29, 0.717) is 16.9 Å². The minimum absolute atomic E-state index is 0.506. The molecule has 0 aromatic heterocycles. The molecule has 2 aromatic carbocycles. The Kier molecular flexibility index (Phi) is 4.67. The fraction of sp³-hybridized carbons (Fsp3) is 0.188. The molecule has 102 valence electrons. The molecule has 0 aliphatic rings. The molecule has 0 radical (unpaired) electrons. The highest BCUT2D eigenvalue weighted by atomic mass is 32.2. The number of hydrogen-bond donors (Lipinski definition) is 1. The summed E-state index contributed by atoms with van der Waals surface area (Å²) >= 11 is 1.59.